The van der Waals surface area contributed by atoms with Crippen molar-refractivity contribution in [2.75, 3.05) is 0 Å². The van der Waals surface area contributed by atoms with Crippen LogP contribution < -0.4 is 0 Å². The molecule has 0 fully saturated rings. The number of carboxylic acid groups (broad SMARTS) is 1. The van der Waals surface area contributed by atoms with Gasteiger partial charge in [-0.25, -0.2) is 13.9 Å². The van der Waals surface area contributed by atoms with Crippen molar-refractivity contribution in [3.8, 4) is 0 Å². The van der Waals surface area contributed by atoms with Crippen LogP contribution in [0.1, 0.15) is 13.8 Å². The normalized spacial score (nSPS) is 17.9. The first kappa shape index (κ1) is 12.3. The molecule has 76 valence electrons. The molecule has 0 spiro atoms. The Labute approximate surface area is 75.0 Å². The van der Waals surface area contributed by atoms with Gasteiger partial charge in [-0.2, -0.15) is 0 Å². The van der Waals surface area contributed by atoms with E-state index < -0.39 is 31.0 Å². The van der Waals surface area contributed by atoms with Crippen LogP contribution in [0, 0.1) is 5.92 Å². The van der Waals surface area contributed by atoms with Crippen LogP contribution in [0.3, 0.4) is 0 Å². The van der Waals surface area contributed by atoms with Gasteiger partial charge in [-0.15, -0.1) is 0 Å². The van der Waals surface area contributed by atoms with E-state index in [9.17, 15) is 19.0 Å². The third kappa shape index (κ3) is 2.15. The molecule has 0 amide bonds. The Morgan fingerprint density at radius 3 is 1.85 bits per heavy atom. The zero-order valence-corrected chi connectivity index (χ0v) is 8.06. The summed E-state index contributed by atoms with van der Waals surface area (Å²) in [6.07, 6.45) is 0. The van der Waals surface area contributed by atoms with Gasteiger partial charge in [-0.05, 0) is 5.92 Å². The lowest BCUT2D eigenvalue weighted by molar-refractivity contribution is -0.172. The molecule has 2 atom stereocenters. The number of carboxylic acids is 1. The fourth-order valence-electron chi connectivity index (χ4n) is 0.816. The van der Waals surface area contributed by atoms with Gasteiger partial charge in [0.15, 0.2) is 0 Å². The summed E-state index contributed by atoms with van der Waals surface area (Å²) in [4.78, 5) is 10.5. The molecule has 2 unspecified atom stereocenters. The zero-order chi connectivity index (χ0) is 10.8. The van der Waals surface area contributed by atoms with Gasteiger partial charge >= 0.3 is 13.6 Å². The van der Waals surface area contributed by atoms with Crippen LogP contribution in [0.5, 0.6) is 0 Å². The second kappa shape index (κ2) is 4.00. The molecular weight excluding hydrogens is 199 g/mol. The number of aliphatic hydroxyl groups is 2. The van der Waals surface area contributed by atoms with Crippen molar-refractivity contribution in [1.29, 1.82) is 0 Å². The minimum absolute atomic E-state index is 0.909. The smallest absolute Gasteiger partial charge is 0.348 e. The molecule has 6 nitrogen and oxygen atoms in total. The van der Waals surface area contributed by atoms with Crippen LogP contribution in [0.2, 0.25) is 0 Å². The maximum atomic E-state index is 10.5. The molecule has 0 aliphatic carbocycles. The molecular formula is C6H11O6P. The lowest BCUT2D eigenvalue weighted by Gasteiger charge is -2.28. The minimum Gasteiger partial charge on any atom is -0.479 e. The van der Waals surface area contributed by atoms with Crippen LogP contribution in [0.25, 0.3) is 0 Å². The van der Waals surface area contributed by atoms with Gasteiger partial charge in [0, 0.05) is 0 Å². The van der Waals surface area contributed by atoms with E-state index in [0.29, 0.717) is 0 Å². The average molecular weight is 210 g/mol. The molecule has 0 rings (SSSR count). The molecule has 0 aromatic carbocycles. The lowest BCUT2D eigenvalue weighted by Crippen LogP contribution is -2.51. The third-order valence-electron chi connectivity index (χ3n) is 1.82. The number of carbonyl (C=O) groups is 1. The van der Waals surface area contributed by atoms with Crippen LogP contribution in [-0.2, 0) is 13.9 Å². The summed E-state index contributed by atoms with van der Waals surface area (Å²) in [5, 5.41) is 26.9. The molecule has 0 aromatic heterocycles. The van der Waals surface area contributed by atoms with Crippen molar-refractivity contribution in [2.45, 2.75) is 25.3 Å². The van der Waals surface area contributed by atoms with Crippen molar-refractivity contribution < 1.29 is 29.2 Å². The van der Waals surface area contributed by atoms with E-state index in [1.165, 1.54) is 13.8 Å². The van der Waals surface area contributed by atoms with Crippen molar-refractivity contribution in [2.24, 2.45) is 5.92 Å². The Morgan fingerprint density at radius 2 is 1.77 bits per heavy atom. The second-order valence-corrected chi connectivity index (χ2v) is 4.00. The Balaban J connectivity index is 5.13. The van der Waals surface area contributed by atoms with E-state index in [1.807, 2.05) is 0 Å². The molecule has 13 heavy (non-hydrogen) atoms. The highest BCUT2D eigenvalue weighted by atomic mass is 31.1. The molecule has 7 heteroatoms. The van der Waals surface area contributed by atoms with Crippen LogP contribution >= 0.6 is 7.68 Å². The molecule has 0 saturated heterocycles. The van der Waals surface area contributed by atoms with Crippen molar-refractivity contribution in [1.82, 2.24) is 0 Å². The van der Waals surface area contributed by atoms with E-state index in [-0.39, 0.29) is 0 Å². The molecule has 0 radical (unpaired) electrons. The molecule has 0 bridgehead atoms. The van der Waals surface area contributed by atoms with Gasteiger partial charge < -0.3 is 15.3 Å². The standard InChI is InChI=1S/C6H11O6P/c1-3(2)6(10,4(7)8)5(9)13(11)12/h3,5,9-10H,1-2H3,(H,7,8). The van der Waals surface area contributed by atoms with Crippen LogP contribution in [0.15, 0.2) is 0 Å². The number of hydrogen-bond donors (Lipinski definition) is 3. The van der Waals surface area contributed by atoms with Gasteiger partial charge in [0.25, 0.3) is 0 Å². The predicted octanol–water partition coefficient (Wildman–Crippen LogP) is -0.0506. The Bertz CT molecular complexity index is 262. The minimum atomic E-state index is -3.39. The zero-order valence-electron chi connectivity index (χ0n) is 7.17. The number of rotatable bonds is 4. The third-order valence-corrected chi connectivity index (χ3v) is 2.61. The van der Waals surface area contributed by atoms with Crippen LogP contribution in [0.4, 0.5) is 0 Å². The van der Waals surface area contributed by atoms with E-state index in [1.54, 1.807) is 0 Å². The summed E-state index contributed by atoms with van der Waals surface area (Å²) in [5.74, 6) is -4.96. The fraction of sp³-hybridized carbons (Fsp3) is 0.833. The summed E-state index contributed by atoms with van der Waals surface area (Å²) in [7, 11) is -3.39. The fourth-order valence-corrected chi connectivity index (χ4v) is 1.55. The Kier molecular flexibility index (Phi) is 3.78. The number of hydrogen-bond acceptors (Lipinski definition) is 5. The molecule has 0 aromatic rings. The molecule has 3 N–H and O–H groups in total. The summed E-state index contributed by atoms with van der Waals surface area (Å²) in [6, 6.07) is 0. The van der Waals surface area contributed by atoms with Gasteiger partial charge in [-0.3, -0.25) is 0 Å². The maximum Gasteiger partial charge on any atom is 0.348 e. The predicted molar refractivity (Wildman–Crippen MR) is 41.7 cm³/mol. The van der Waals surface area contributed by atoms with Crippen molar-refractivity contribution in [3.05, 3.63) is 0 Å². The molecule has 0 aliphatic heterocycles. The SMILES string of the molecule is CC(C)C(O)(C(=O)O)C(O)P(=O)=O. The van der Waals surface area contributed by atoms with E-state index in [2.05, 4.69) is 0 Å². The van der Waals surface area contributed by atoms with E-state index >= 15 is 0 Å². The van der Waals surface area contributed by atoms with Crippen molar-refractivity contribution >= 4 is 13.6 Å². The summed E-state index contributed by atoms with van der Waals surface area (Å²) in [5.41, 5.74) is -2.64. The van der Waals surface area contributed by atoms with Gasteiger partial charge in [0.1, 0.15) is 0 Å². The van der Waals surface area contributed by atoms with E-state index in [0.717, 1.165) is 0 Å². The van der Waals surface area contributed by atoms with E-state index in [4.69, 9.17) is 10.2 Å². The lowest BCUT2D eigenvalue weighted by atomic mass is 9.91. The van der Waals surface area contributed by atoms with Crippen molar-refractivity contribution in [3.63, 3.8) is 0 Å². The number of aliphatic hydroxyl groups excluding tert-OH is 1. The first-order valence-electron chi connectivity index (χ1n) is 3.51. The van der Waals surface area contributed by atoms with Gasteiger partial charge in [0.2, 0.25) is 11.4 Å². The quantitative estimate of drug-likeness (QED) is 0.561. The molecule has 0 saturated carbocycles. The van der Waals surface area contributed by atoms with Gasteiger partial charge in [-0.1, -0.05) is 13.8 Å². The average Bonchev–Trinajstić information content (AvgIpc) is 2.00. The molecule has 0 aliphatic rings. The number of aliphatic carboxylic acids is 1. The summed E-state index contributed by atoms with van der Waals surface area (Å²) < 4.78 is 20.6. The highest BCUT2D eigenvalue weighted by Crippen LogP contribution is 2.30. The van der Waals surface area contributed by atoms with Crippen LogP contribution in [-0.4, -0.2) is 32.7 Å². The second-order valence-electron chi connectivity index (χ2n) is 2.94. The Morgan fingerprint density at radius 1 is 1.38 bits per heavy atom. The molecule has 0 heterocycles. The largest absolute Gasteiger partial charge is 0.479 e. The topological polar surface area (TPSA) is 112 Å². The summed E-state index contributed by atoms with van der Waals surface area (Å²) >= 11 is 0. The highest BCUT2D eigenvalue weighted by molar-refractivity contribution is 7.31. The first-order chi connectivity index (χ1) is 5.74. The first-order valence-corrected chi connectivity index (χ1v) is 4.76. The van der Waals surface area contributed by atoms with Gasteiger partial charge in [0.05, 0.1) is 0 Å². The Hall–Kier alpha value is -0.710. The summed E-state index contributed by atoms with van der Waals surface area (Å²) in [6.45, 7) is 2.60. The maximum absolute atomic E-state index is 10.5. The monoisotopic (exact) mass is 210 g/mol. The highest BCUT2D eigenvalue weighted by Gasteiger charge is 2.49.